The van der Waals surface area contributed by atoms with Crippen molar-refractivity contribution in [2.24, 2.45) is 12.8 Å². The Kier molecular flexibility index (Phi) is 6.63. The van der Waals surface area contributed by atoms with E-state index in [1.54, 1.807) is 31.9 Å². The summed E-state index contributed by atoms with van der Waals surface area (Å²) in [5.74, 6) is -0.159. The van der Waals surface area contributed by atoms with E-state index in [0.717, 1.165) is 23.9 Å². The molecule has 10 heteroatoms. The van der Waals surface area contributed by atoms with Crippen LogP contribution >= 0.6 is 11.6 Å². The lowest BCUT2D eigenvalue weighted by Gasteiger charge is -2.19. The third-order valence-corrected chi connectivity index (χ3v) is 4.84. The van der Waals surface area contributed by atoms with Crippen LogP contribution in [0.15, 0.2) is 46.1 Å². The van der Waals surface area contributed by atoms with Gasteiger partial charge in [0, 0.05) is 25.0 Å². The lowest BCUT2D eigenvalue weighted by Crippen LogP contribution is -2.35. The third kappa shape index (κ3) is 5.11. The SMILES string of the molecule is CNC(/C(C(=O)NC1CC1)=C(/C)N)c1nn(C)cc1Cl.Nc1nc2ccccc2o1. The highest BCUT2D eigenvalue weighted by Crippen LogP contribution is 2.29. The molecule has 2 aromatic heterocycles. The van der Waals surface area contributed by atoms with Gasteiger partial charge < -0.3 is 26.5 Å². The summed E-state index contributed by atoms with van der Waals surface area (Å²) in [4.78, 5) is 16.3. The van der Waals surface area contributed by atoms with Gasteiger partial charge in [-0.2, -0.15) is 10.1 Å². The van der Waals surface area contributed by atoms with Gasteiger partial charge in [0.1, 0.15) is 11.2 Å². The number of allylic oxidation sites excluding steroid dienone is 1. The molecule has 0 aliphatic heterocycles. The number of oxazole rings is 1. The number of aromatic nitrogens is 3. The summed E-state index contributed by atoms with van der Waals surface area (Å²) in [5, 5.41) is 10.8. The summed E-state index contributed by atoms with van der Waals surface area (Å²) < 4.78 is 6.65. The fraction of sp³-hybridized carbons (Fsp3) is 0.350. The number of fused-ring (bicyclic) bond motifs is 1. The van der Waals surface area contributed by atoms with E-state index in [9.17, 15) is 4.79 Å². The number of aryl methyl sites for hydroxylation is 1. The Morgan fingerprint density at radius 3 is 2.60 bits per heavy atom. The van der Waals surface area contributed by atoms with Crippen molar-refractivity contribution < 1.29 is 9.21 Å². The Hall–Kier alpha value is -3.04. The molecular weight excluding hydrogens is 406 g/mol. The fourth-order valence-electron chi connectivity index (χ4n) is 3.01. The second-order valence-electron chi connectivity index (χ2n) is 7.12. The van der Waals surface area contributed by atoms with E-state index in [0.29, 0.717) is 22.0 Å². The number of amides is 1. The predicted molar refractivity (Wildman–Crippen MR) is 116 cm³/mol. The maximum absolute atomic E-state index is 12.4. The molecule has 1 aliphatic carbocycles. The summed E-state index contributed by atoms with van der Waals surface area (Å²) in [6, 6.07) is 7.53. The van der Waals surface area contributed by atoms with Crippen molar-refractivity contribution in [2.45, 2.75) is 31.8 Å². The van der Waals surface area contributed by atoms with Gasteiger partial charge in [0.05, 0.1) is 16.6 Å². The van der Waals surface area contributed by atoms with E-state index < -0.39 is 6.04 Å². The molecule has 1 amide bonds. The van der Waals surface area contributed by atoms with Crippen molar-refractivity contribution in [3.8, 4) is 0 Å². The zero-order valence-corrected chi connectivity index (χ0v) is 17.9. The van der Waals surface area contributed by atoms with Gasteiger partial charge in [0.2, 0.25) is 0 Å². The number of halogens is 1. The van der Waals surface area contributed by atoms with Gasteiger partial charge in [-0.15, -0.1) is 0 Å². The number of nitrogens with two attached hydrogens (primary N) is 2. The maximum atomic E-state index is 12.4. The van der Waals surface area contributed by atoms with E-state index in [2.05, 4.69) is 20.7 Å². The first-order chi connectivity index (χ1) is 14.3. The summed E-state index contributed by atoms with van der Waals surface area (Å²) in [7, 11) is 3.54. The first kappa shape index (κ1) is 21.7. The van der Waals surface area contributed by atoms with Gasteiger partial charge >= 0.3 is 0 Å². The standard InChI is InChI=1S/C13H20ClN5O.C7H6N2O/c1-7(15)10(13(20)17-8-4-5-8)12(16-2)11-9(14)6-19(3)18-11;8-7-9-5-3-1-2-4-6(5)10-7/h6,8,12,16H,4-5,15H2,1-3H3,(H,17,20);1-4H,(H2,8,9)/b10-7+;. The van der Waals surface area contributed by atoms with Gasteiger partial charge in [0.15, 0.2) is 5.58 Å². The molecule has 0 radical (unpaired) electrons. The second-order valence-corrected chi connectivity index (χ2v) is 7.53. The van der Waals surface area contributed by atoms with Crippen LogP contribution in [0.4, 0.5) is 6.01 Å². The van der Waals surface area contributed by atoms with E-state index in [4.69, 9.17) is 27.5 Å². The van der Waals surface area contributed by atoms with E-state index >= 15 is 0 Å². The number of nitrogens with zero attached hydrogens (tertiary/aromatic N) is 3. The minimum Gasteiger partial charge on any atom is -0.424 e. The van der Waals surface area contributed by atoms with Crippen LogP contribution in [0.2, 0.25) is 5.02 Å². The van der Waals surface area contributed by atoms with Gasteiger partial charge in [-0.3, -0.25) is 9.48 Å². The Bertz CT molecular complexity index is 1030. The number of anilines is 1. The molecule has 6 N–H and O–H groups in total. The van der Waals surface area contributed by atoms with E-state index in [1.165, 1.54) is 0 Å². The molecule has 1 unspecified atom stereocenters. The Labute approximate surface area is 179 Å². The average molecular weight is 432 g/mol. The predicted octanol–water partition coefficient (Wildman–Crippen LogP) is 2.26. The normalized spacial score (nSPS) is 15.2. The molecule has 30 heavy (non-hydrogen) atoms. The number of nitrogen functional groups attached to an aromatic ring is 1. The van der Waals surface area contributed by atoms with Crippen LogP contribution in [0, 0.1) is 0 Å². The number of hydrogen-bond acceptors (Lipinski definition) is 7. The Balaban J connectivity index is 0.000000212. The first-order valence-corrected chi connectivity index (χ1v) is 9.92. The summed E-state index contributed by atoms with van der Waals surface area (Å²) in [5.41, 5.74) is 14.3. The highest BCUT2D eigenvalue weighted by atomic mass is 35.5. The van der Waals surface area contributed by atoms with Crippen LogP contribution in [0.5, 0.6) is 0 Å². The molecule has 1 fully saturated rings. The quantitative estimate of drug-likeness (QED) is 0.454. The molecule has 0 spiro atoms. The first-order valence-electron chi connectivity index (χ1n) is 9.54. The molecule has 1 aromatic carbocycles. The molecule has 1 saturated carbocycles. The number of nitrogens with one attached hydrogen (secondary N) is 2. The molecule has 0 bridgehead atoms. The van der Waals surface area contributed by atoms with Crippen LogP contribution in [0.1, 0.15) is 31.5 Å². The van der Waals surface area contributed by atoms with Gasteiger partial charge in [0.25, 0.3) is 11.9 Å². The molecule has 160 valence electrons. The lowest BCUT2D eigenvalue weighted by molar-refractivity contribution is -0.118. The number of carbonyl (C=O) groups is 1. The number of hydrogen-bond donors (Lipinski definition) is 4. The summed E-state index contributed by atoms with van der Waals surface area (Å²) >= 11 is 6.17. The topological polar surface area (TPSA) is 137 Å². The third-order valence-electron chi connectivity index (χ3n) is 4.55. The lowest BCUT2D eigenvalue weighted by atomic mass is 10.0. The molecule has 0 saturated heterocycles. The second kappa shape index (κ2) is 9.19. The molecule has 3 aromatic rings. The maximum Gasteiger partial charge on any atom is 0.292 e. The largest absolute Gasteiger partial charge is 0.424 e. The van der Waals surface area contributed by atoms with Gasteiger partial charge in [-0.25, -0.2) is 0 Å². The molecule has 9 nitrogen and oxygen atoms in total. The van der Waals surface area contributed by atoms with Crippen LogP contribution in [0.25, 0.3) is 11.1 Å². The number of benzene rings is 1. The van der Waals surface area contributed by atoms with Crippen molar-refractivity contribution in [2.75, 3.05) is 12.8 Å². The number of likely N-dealkylation sites (N-methyl/N-ethyl adjacent to an activating group) is 1. The molecular formula is C20H26ClN7O2. The van der Waals surface area contributed by atoms with E-state index in [-0.39, 0.29) is 18.0 Å². The fourth-order valence-corrected chi connectivity index (χ4v) is 3.30. The minimum absolute atomic E-state index is 0.159. The monoisotopic (exact) mass is 431 g/mol. The minimum atomic E-state index is -0.424. The van der Waals surface area contributed by atoms with Crippen molar-refractivity contribution in [1.82, 2.24) is 25.4 Å². The van der Waals surface area contributed by atoms with E-state index in [1.807, 2.05) is 24.3 Å². The van der Waals surface area contributed by atoms with Gasteiger partial charge in [-0.1, -0.05) is 23.7 Å². The van der Waals surface area contributed by atoms with Crippen LogP contribution in [0.3, 0.4) is 0 Å². The molecule has 1 atom stereocenters. The number of rotatable bonds is 5. The van der Waals surface area contributed by atoms with Crippen molar-refractivity contribution in [3.05, 3.63) is 52.4 Å². The van der Waals surface area contributed by atoms with Crippen LogP contribution in [-0.4, -0.2) is 33.8 Å². The zero-order valence-electron chi connectivity index (χ0n) is 17.1. The van der Waals surface area contributed by atoms with Crippen molar-refractivity contribution in [3.63, 3.8) is 0 Å². The van der Waals surface area contributed by atoms with Crippen molar-refractivity contribution >= 4 is 34.6 Å². The number of para-hydroxylation sites is 2. The summed E-state index contributed by atoms with van der Waals surface area (Å²) in [6.45, 7) is 1.71. The average Bonchev–Trinajstić information content (AvgIpc) is 3.31. The summed E-state index contributed by atoms with van der Waals surface area (Å²) in [6.07, 6.45) is 3.75. The van der Waals surface area contributed by atoms with Crippen LogP contribution in [-0.2, 0) is 11.8 Å². The molecule has 4 rings (SSSR count). The Morgan fingerprint density at radius 1 is 1.37 bits per heavy atom. The number of carbonyl (C=O) groups excluding carboxylic acids is 1. The Morgan fingerprint density at radius 2 is 2.07 bits per heavy atom. The highest BCUT2D eigenvalue weighted by molar-refractivity contribution is 6.31. The molecule has 2 heterocycles. The van der Waals surface area contributed by atoms with Crippen LogP contribution < -0.4 is 22.1 Å². The van der Waals surface area contributed by atoms with Gasteiger partial charge in [-0.05, 0) is 38.9 Å². The molecule has 1 aliphatic rings. The van der Waals surface area contributed by atoms with Crippen molar-refractivity contribution in [1.29, 1.82) is 0 Å². The zero-order chi connectivity index (χ0) is 21.8. The smallest absolute Gasteiger partial charge is 0.292 e. The highest BCUT2D eigenvalue weighted by Gasteiger charge is 2.31.